The molecule has 0 fully saturated rings. The Morgan fingerprint density at radius 3 is 2.06 bits per heavy atom. The first-order valence-corrected chi connectivity index (χ1v) is 12.7. The molecule has 0 aliphatic rings. The molecule has 0 heterocycles. The summed E-state index contributed by atoms with van der Waals surface area (Å²) in [6, 6.07) is 19.3. The summed E-state index contributed by atoms with van der Waals surface area (Å²) in [5, 5.41) is 3.01. The van der Waals surface area contributed by atoms with Crippen molar-refractivity contribution in [1.82, 2.24) is 5.32 Å². The number of sulfonamides is 1. The highest BCUT2D eigenvalue weighted by atomic mass is 32.2. The molecule has 0 radical (unpaired) electrons. The fourth-order valence-electron chi connectivity index (χ4n) is 3.77. The molecule has 0 spiro atoms. The summed E-state index contributed by atoms with van der Waals surface area (Å²) in [5.74, 6) is 0.399. The van der Waals surface area contributed by atoms with E-state index in [2.05, 4.69) is 5.32 Å². The zero-order valence-corrected chi connectivity index (χ0v) is 21.1. The number of methoxy groups -OCH3 is 1. The van der Waals surface area contributed by atoms with Gasteiger partial charge in [0.25, 0.3) is 10.0 Å². The smallest absolute Gasteiger partial charge is 0.264 e. The van der Waals surface area contributed by atoms with Gasteiger partial charge < -0.3 is 10.1 Å². The van der Waals surface area contributed by atoms with Crippen LogP contribution < -0.4 is 14.4 Å². The van der Waals surface area contributed by atoms with Crippen LogP contribution in [0.15, 0.2) is 71.6 Å². The topological polar surface area (TPSA) is 75.7 Å². The molecule has 1 amide bonds. The minimum Gasteiger partial charge on any atom is -0.496 e. The number of ether oxygens (including phenoxy) is 1. The molecular formula is C27H32N2O4S. The standard InChI is InChI=1S/C27H32N2O4S/c1-6-25(22-11-16-26(33-5)21(4)17-22)28-27(30)18-29(23-12-7-19(2)8-13-23)34(31,32)24-14-9-20(3)10-15-24/h7-17,25H,6,18H2,1-5H3,(H,28,30)/t25-/m1/s1. The molecular weight excluding hydrogens is 448 g/mol. The summed E-state index contributed by atoms with van der Waals surface area (Å²) < 4.78 is 33.6. The summed E-state index contributed by atoms with van der Waals surface area (Å²) >= 11 is 0. The molecule has 0 aliphatic carbocycles. The largest absolute Gasteiger partial charge is 0.496 e. The number of hydrogen-bond donors (Lipinski definition) is 1. The van der Waals surface area contributed by atoms with Crippen LogP contribution in [0.3, 0.4) is 0 Å². The van der Waals surface area contributed by atoms with Crippen molar-refractivity contribution < 1.29 is 17.9 Å². The fourth-order valence-corrected chi connectivity index (χ4v) is 5.19. The Bertz CT molecular complexity index is 1240. The molecule has 0 saturated heterocycles. The highest BCUT2D eigenvalue weighted by molar-refractivity contribution is 7.92. The zero-order valence-electron chi connectivity index (χ0n) is 20.3. The van der Waals surface area contributed by atoms with E-state index in [1.165, 1.54) is 4.31 Å². The highest BCUT2D eigenvalue weighted by Gasteiger charge is 2.28. The SMILES string of the molecule is CC[C@@H](NC(=O)CN(c1ccc(C)cc1)S(=O)(=O)c1ccc(C)cc1)c1ccc(OC)c(C)c1. The second-order valence-electron chi connectivity index (χ2n) is 8.42. The van der Waals surface area contributed by atoms with Crippen LogP contribution in [0.2, 0.25) is 0 Å². The Balaban J connectivity index is 1.89. The number of nitrogens with one attached hydrogen (secondary N) is 1. The lowest BCUT2D eigenvalue weighted by Crippen LogP contribution is -2.42. The number of nitrogens with zero attached hydrogens (tertiary/aromatic N) is 1. The summed E-state index contributed by atoms with van der Waals surface area (Å²) in [6.07, 6.45) is 0.659. The zero-order chi connectivity index (χ0) is 24.9. The minimum atomic E-state index is -3.95. The van der Waals surface area contributed by atoms with E-state index in [0.29, 0.717) is 12.1 Å². The predicted octanol–water partition coefficient (Wildman–Crippen LogP) is 5.08. The summed E-state index contributed by atoms with van der Waals surface area (Å²) in [4.78, 5) is 13.3. The molecule has 7 heteroatoms. The van der Waals surface area contributed by atoms with E-state index >= 15 is 0 Å². The number of carbonyl (C=O) groups is 1. The van der Waals surface area contributed by atoms with Crippen LogP contribution in [0.25, 0.3) is 0 Å². The van der Waals surface area contributed by atoms with Gasteiger partial charge in [-0.05, 0) is 68.7 Å². The number of benzene rings is 3. The minimum absolute atomic E-state index is 0.143. The average Bonchev–Trinajstić information content (AvgIpc) is 2.82. The third-order valence-electron chi connectivity index (χ3n) is 5.78. The second kappa shape index (κ2) is 10.7. The molecule has 180 valence electrons. The molecule has 0 unspecified atom stereocenters. The van der Waals surface area contributed by atoms with Gasteiger partial charge in [0, 0.05) is 0 Å². The highest BCUT2D eigenvalue weighted by Crippen LogP contribution is 2.26. The third-order valence-corrected chi connectivity index (χ3v) is 7.57. The first-order chi connectivity index (χ1) is 16.1. The number of aryl methyl sites for hydroxylation is 3. The van der Waals surface area contributed by atoms with Gasteiger partial charge in [0.2, 0.25) is 5.91 Å². The van der Waals surface area contributed by atoms with Gasteiger partial charge in [-0.3, -0.25) is 9.10 Å². The van der Waals surface area contributed by atoms with E-state index in [1.54, 1.807) is 43.5 Å². The summed E-state index contributed by atoms with van der Waals surface area (Å²) in [7, 11) is -2.33. The molecule has 0 bridgehead atoms. The van der Waals surface area contributed by atoms with Gasteiger partial charge in [0.05, 0.1) is 23.7 Å². The Labute approximate surface area is 202 Å². The number of anilines is 1. The van der Waals surface area contributed by atoms with Gasteiger partial charge in [0.1, 0.15) is 12.3 Å². The van der Waals surface area contributed by atoms with Crippen molar-refractivity contribution in [3.05, 3.63) is 89.0 Å². The Kier molecular flexibility index (Phi) is 7.99. The molecule has 1 atom stereocenters. The van der Waals surface area contributed by atoms with Crippen LogP contribution >= 0.6 is 0 Å². The fraction of sp³-hybridized carbons (Fsp3) is 0.296. The molecule has 1 N–H and O–H groups in total. The van der Waals surface area contributed by atoms with Crippen molar-refractivity contribution in [3.63, 3.8) is 0 Å². The monoisotopic (exact) mass is 480 g/mol. The third kappa shape index (κ3) is 5.78. The molecule has 6 nitrogen and oxygen atoms in total. The van der Waals surface area contributed by atoms with Crippen LogP contribution in [-0.2, 0) is 14.8 Å². The van der Waals surface area contributed by atoms with Gasteiger partial charge in [-0.1, -0.05) is 54.4 Å². The van der Waals surface area contributed by atoms with E-state index < -0.39 is 10.0 Å². The van der Waals surface area contributed by atoms with E-state index in [1.807, 2.05) is 58.0 Å². The number of hydrogen-bond acceptors (Lipinski definition) is 4. The van der Waals surface area contributed by atoms with E-state index in [-0.39, 0.29) is 23.4 Å². The number of rotatable bonds is 9. The number of carbonyl (C=O) groups excluding carboxylic acids is 1. The molecule has 3 aromatic carbocycles. The van der Waals surface area contributed by atoms with Crippen molar-refractivity contribution in [2.45, 2.75) is 45.1 Å². The van der Waals surface area contributed by atoms with E-state index in [0.717, 1.165) is 28.0 Å². The van der Waals surface area contributed by atoms with Gasteiger partial charge in [-0.15, -0.1) is 0 Å². The van der Waals surface area contributed by atoms with E-state index in [9.17, 15) is 13.2 Å². The van der Waals surface area contributed by atoms with E-state index in [4.69, 9.17) is 4.74 Å². The van der Waals surface area contributed by atoms with Crippen molar-refractivity contribution >= 4 is 21.6 Å². The lowest BCUT2D eigenvalue weighted by molar-refractivity contribution is -0.120. The Hall–Kier alpha value is -3.32. The number of amides is 1. The predicted molar refractivity (Wildman–Crippen MR) is 136 cm³/mol. The van der Waals surface area contributed by atoms with Crippen LogP contribution in [0, 0.1) is 20.8 Å². The second-order valence-corrected chi connectivity index (χ2v) is 10.3. The molecule has 3 rings (SSSR count). The van der Waals surface area contributed by atoms with Gasteiger partial charge in [-0.25, -0.2) is 8.42 Å². The lowest BCUT2D eigenvalue weighted by Gasteiger charge is -2.26. The first-order valence-electron chi connectivity index (χ1n) is 11.3. The van der Waals surface area contributed by atoms with Gasteiger partial charge in [-0.2, -0.15) is 0 Å². The van der Waals surface area contributed by atoms with Crippen molar-refractivity contribution in [1.29, 1.82) is 0 Å². The molecule has 0 aromatic heterocycles. The van der Waals surface area contributed by atoms with Gasteiger partial charge in [0.15, 0.2) is 0 Å². The molecule has 0 saturated carbocycles. The summed E-state index contributed by atoms with van der Waals surface area (Å²) in [5.41, 5.74) is 4.31. The van der Waals surface area contributed by atoms with Crippen molar-refractivity contribution in [2.75, 3.05) is 18.0 Å². The van der Waals surface area contributed by atoms with Crippen LogP contribution in [0.4, 0.5) is 5.69 Å². The summed E-state index contributed by atoms with van der Waals surface area (Å²) in [6.45, 7) is 7.42. The van der Waals surface area contributed by atoms with Gasteiger partial charge >= 0.3 is 0 Å². The molecule has 0 aliphatic heterocycles. The normalized spacial score (nSPS) is 12.1. The first kappa shape index (κ1) is 25.3. The molecule has 3 aromatic rings. The Morgan fingerprint density at radius 1 is 0.941 bits per heavy atom. The van der Waals surface area contributed by atoms with Crippen LogP contribution in [-0.4, -0.2) is 28.0 Å². The van der Waals surface area contributed by atoms with Crippen molar-refractivity contribution in [2.24, 2.45) is 0 Å². The van der Waals surface area contributed by atoms with Crippen LogP contribution in [0.1, 0.15) is 41.6 Å². The maximum absolute atomic E-state index is 13.5. The average molecular weight is 481 g/mol. The Morgan fingerprint density at radius 2 is 1.53 bits per heavy atom. The molecule has 34 heavy (non-hydrogen) atoms. The lowest BCUT2D eigenvalue weighted by atomic mass is 10.0. The maximum atomic E-state index is 13.5. The quantitative estimate of drug-likeness (QED) is 0.463. The maximum Gasteiger partial charge on any atom is 0.264 e. The van der Waals surface area contributed by atoms with Crippen LogP contribution in [0.5, 0.6) is 5.75 Å². The van der Waals surface area contributed by atoms with Crippen molar-refractivity contribution in [3.8, 4) is 5.75 Å².